The lowest BCUT2D eigenvalue weighted by Crippen LogP contribution is -2.03. The molecule has 1 fully saturated rings. The van der Waals surface area contributed by atoms with Gasteiger partial charge in [-0.2, -0.15) is 0 Å². The molecule has 0 spiro atoms. The van der Waals surface area contributed by atoms with Gasteiger partial charge in [-0.25, -0.2) is 0 Å². The molecule has 0 aliphatic heterocycles. The predicted octanol–water partition coefficient (Wildman–Crippen LogP) is 3.14. The summed E-state index contributed by atoms with van der Waals surface area (Å²) in [6.45, 7) is 4.51. The highest BCUT2D eigenvalue weighted by atomic mass is 14.2. The normalized spacial score (nSPS) is 28.2. The van der Waals surface area contributed by atoms with Crippen LogP contribution in [0.3, 0.4) is 0 Å². The fourth-order valence-electron chi connectivity index (χ4n) is 1.42. The smallest absolute Gasteiger partial charge is 0.0318 e. The van der Waals surface area contributed by atoms with Crippen LogP contribution >= 0.6 is 0 Å². The summed E-state index contributed by atoms with van der Waals surface area (Å²) < 4.78 is 0. The largest absolute Gasteiger partial charge is 0.0885 e. The summed E-state index contributed by atoms with van der Waals surface area (Å²) in [4.78, 5) is 0. The summed E-state index contributed by atoms with van der Waals surface area (Å²) in [5.41, 5.74) is 1.67. The summed E-state index contributed by atoms with van der Waals surface area (Å²) in [5, 5.41) is 0. The maximum Gasteiger partial charge on any atom is -0.0318 e. The van der Waals surface area contributed by atoms with E-state index in [1.165, 1.54) is 25.7 Å². The van der Waals surface area contributed by atoms with E-state index in [9.17, 15) is 0 Å². The quantitative estimate of drug-likeness (QED) is 0.435. The van der Waals surface area contributed by atoms with Crippen molar-refractivity contribution in [3.63, 3.8) is 0 Å². The molecule has 0 amide bonds. The SMILES string of the molecule is CC=C1CCC(C)CC1. The summed E-state index contributed by atoms with van der Waals surface area (Å²) in [6, 6.07) is 0. The minimum Gasteiger partial charge on any atom is -0.0885 e. The van der Waals surface area contributed by atoms with Gasteiger partial charge in [0.05, 0.1) is 0 Å². The molecule has 9 heavy (non-hydrogen) atoms. The highest BCUT2D eigenvalue weighted by Crippen LogP contribution is 2.26. The number of rotatable bonds is 0. The Morgan fingerprint density at radius 1 is 1.33 bits per heavy atom. The van der Waals surface area contributed by atoms with Crippen molar-refractivity contribution in [3.8, 4) is 0 Å². The van der Waals surface area contributed by atoms with Crippen LogP contribution in [0.1, 0.15) is 39.5 Å². The third-order valence-electron chi connectivity index (χ3n) is 2.32. The van der Waals surface area contributed by atoms with Gasteiger partial charge in [0, 0.05) is 0 Å². The number of allylic oxidation sites excluding steroid dienone is 2. The van der Waals surface area contributed by atoms with E-state index in [2.05, 4.69) is 19.9 Å². The van der Waals surface area contributed by atoms with Gasteiger partial charge < -0.3 is 0 Å². The molecule has 0 nitrogen and oxygen atoms in total. The van der Waals surface area contributed by atoms with Crippen LogP contribution in [0, 0.1) is 5.92 Å². The van der Waals surface area contributed by atoms with Gasteiger partial charge in [0.25, 0.3) is 0 Å². The monoisotopic (exact) mass is 124 g/mol. The van der Waals surface area contributed by atoms with Crippen LogP contribution in [0.4, 0.5) is 0 Å². The number of hydrogen-bond donors (Lipinski definition) is 0. The third-order valence-corrected chi connectivity index (χ3v) is 2.32. The standard InChI is InChI=1S/C9H16/c1-3-9-6-4-8(2)5-7-9/h3,8H,4-7H2,1-2H3. The zero-order chi connectivity index (χ0) is 6.69. The van der Waals surface area contributed by atoms with Crippen molar-refractivity contribution < 1.29 is 0 Å². The zero-order valence-corrected chi connectivity index (χ0v) is 6.48. The van der Waals surface area contributed by atoms with E-state index in [1.807, 2.05) is 0 Å². The van der Waals surface area contributed by atoms with Crippen LogP contribution < -0.4 is 0 Å². The molecule has 1 aliphatic rings. The van der Waals surface area contributed by atoms with Crippen LogP contribution in [-0.2, 0) is 0 Å². The molecule has 0 atom stereocenters. The second kappa shape index (κ2) is 3.05. The zero-order valence-electron chi connectivity index (χ0n) is 6.48. The molecule has 0 N–H and O–H groups in total. The first kappa shape index (κ1) is 6.85. The maximum atomic E-state index is 2.35. The fourth-order valence-corrected chi connectivity index (χ4v) is 1.42. The molecule has 0 unspecified atom stereocenters. The van der Waals surface area contributed by atoms with Crippen molar-refractivity contribution in [3.05, 3.63) is 11.6 Å². The Morgan fingerprint density at radius 2 is 1.89 bits per heavy atom. The van der Waals surface area contributed by atoms with Gasteiger partial charge >= 0.3 is 0 Å². The van der Waals surface area contributed by atoms with E-state index < -0.39 is 0 Å². The van der Waals surface area contributed by atoms with E-state index in [1.54, 1.807) is 5.57 Å². The van der Waals surface area contributed by atoms with E-state index in [0.717, 1.165) is 5.92 Å². The van der Waals surface area contributed by atoms with Gasteiger partial charge in [-0.3, -0.25) is 0 Å². The second-order valence-electron chi connectivity index (χ2n) is 3.13. The van der Waals surface area contributed by atoms with Gasteiger partial charge in [0.2, 0.25) is 0 Å². The lowest BCUT2D eigenvalue weighted by Gasteiger charge is -2.19. The average Bonchev–Trinajstić information content (AvgIpc) is 1.90. The minimum atomic E-state index is 0.980. The van der Waals surface area contributed by atoms with Crippen molar-refractivity contribution in [2.24, 2.45) is 5.92 Å². The average molecular weight is 124 g/mol. The molecular weight excluding hydrogens is 108 g/mol. The first-order valence-electron chi connectivity index (χ1n) is 3.97. The molecular formula is C9H16. The molecule has 1 rings (SSSR count). The molecule has 0 aromatic carbocycles. The summed E-state index contributed by atoms with van der Waals surface area (Å²) >= 11 is 0. The first-order chi connectivity index (χ1) is 4.33. The van der Waals surface area contributed by atoms with Gasteiger partial charge in [-0.1, -0.05) is 18.6 Å². The lowest BCUT2D eigenvalue weighted by atomic mass is 9.87. The van der Waals surface area contributed by atoms with Gasteiger partial charge in [0.1, 0.15) is 0 Å². The Hall–Kier alpha value is -0.260. The Kier molecular flexibility index (Phi) is 2.32. The first-order valence-corrected chi connectivity index (χ1v) is 3.97. The Bertz CT molecular complexity index is 101. The topological polar surface area (TPSA) is 0 Å². The second-order valence-corrected chi connectivity index (χ2v) is 3.13. The Balaban J connectivity index is 2.35. The molecule has 1 aliphatic carbocycles. The molecule has 0 bridgehead atoms. The molecule has 0 saturated heterocycles. The van der Waals surface area contributed by atoms with Crippen molar-refractivity contribution in [1.29, 1.82) is 0 Å². The molecule has 0 heterocycles. The molecule has 0 radical (unpaired) electrons. The van der Waals surface area contributed by atoms with Crippen LogP contribution in [0.15, 0.2) is 11.6 Å². The fraction of sp³-hybridized carbons (Fsp3) is 0.778. The van der Waals surface area contributed by atoms with E-state index >= 15 is 0 Å². The molecule has 52 valence electrons. The summed E-state index contributed by atoms with van der Waals surface area (Å²) in [6.07, 6.45) is 7.83. The maximum absolute atomic E-state index is 2.35. The Morgan fingerprint density at radius 3 is 2.33 bits per heavy atom. The van der Waals surface area contributed by atoms with Gasteiger partial charge in [-0.15, -0.1) is 0 Å². The summed E-state index contributed by atoms with van der Waals surface area (Å²) in [7, 11) is 0. The van der Waals surface area contributed by atoms with Crippen molar-refractivity contribution >= 4 is 0 Å². The van der Waals surface area contributed by atoms with Crippen LogP contribution in [0.5, 0.6) is 0 Å². The predicted molar refractivity (Wildman–Crippen MR) is 41.4 cm³/mol. The lowest BCUT2D eigenvalue weighted by molar-refractivity contribution is 0.443. The van der Waals surface area contributed by atoms with Gasteiger partial charge in [-0.05, 0) is 38.5 Å². The van der Waals surface area contributed by atoms with Crippen LogP contribution in [-0.4, -0.2) is 0 Å². The van der Waals surface area contributed by atoms with Gasteiger partial charge in [0.15, 0.2) is 0 Å². The third kappa shape index (κ3) is 1.85. The molecule has 0 heteroatoms. The highest BCUT2D eigenvalue weighted by Gasteiger charge is 2.10. The van der Waals surface area contributed by atoms with Crippen LogP contribution in [0.2, 0.25) is 0 Å². The highest BCUT2D eigenvalue weighted by molar-refractivity contribution is 5.02. The van der Waals surface area contributed by atoms with Crippen molar-refractivity contribution in [2.45, 2.75) is 39.5 Å². The number of hydrogen-bond acceptors (Lipinski definition) is 0. The van der Waals surface area contributed by atoms with Crippen LogP contribution in [0.25, 0.3) is 0 Å². The van der Waals surface area contributed by atoms with Crippen molar-refractivity contribution in [1.82, 2.24) is 0 Å². The molecule has 0 aromatic heterocycles. The van der Waals surface area contributed by atoms with E-state index in [4.69, 9.17) is 0 Å². The Labute approximate surface area is 58.0 Å². The summed E-state index contributed by atoms with van der Waals surface area (Å²) in [5.74, 6) is 0.980. The minimum absolute atomic E-state index is 0.980. The van der Waals surface area contributed by atoms with E-state index in [-0.39, 0.29) is 0 Å². The molecule has 0 aromatic rings. The van der Waals surface area contributed by atoms with Crippen molar-refractivity contribution in [2.75, 3.05) is 0 Å². The molecule has 1 saturated carbocycles. The van der Waals surface area contributed by atoms with E-state index in [0.29, 0.717) is 0 Å².